The fourth-order valence-corrected chi connectivity index (χ4v) is 2.05. The molecule has 0 N–H and O–H groups in total. The van der Waals surface area contributed by atoms with Crippen LogP contribution in [0, 0.1) is 5.92 Å². The van der Waals surface area contributed by atoms with E-state index in [0.29, 0.717) is 24.7 Å². The molecule has 98 valence electrons. The van der Waals surface area contributed by atoms with E-state index < -0.39 is 0 Å². The fourth-order valence-electron chi connectivity index (χ4n) is 2.05. The van der Waals surface area contributed by atoms with Crippen molar-refractivity contribution < 1.29 is 14.3 Å². The number of Topliss-reactive ketones (excluding diaryl/α,β-unsaturated/α-hetero) is 1. The van der Waals surface area contributed by atoms with Crippen LogP contribution in [0.4, 0.5) is 0 Å². The molecule has 1 saturated carbocycles. The third-order valence-corrected chi connectivity index (χ3v) is 3.10. The van der Waals surface area contributed by atoms with Crippen LogP contribution >= 0.6 is 0 Å². The van der Waals surface area contributed by atoms with Crippen molar-refractivity contribution in [2.75, 3.05) is 13.2 Å². The minimum atomic E-state index is -0.257. The molecule has 1 aromatic carbocycles. The summed E-state index contributed by atoms with van der Waals surface area (Å²) in [5.74, 6) is 1.32. The number of hydrogen-bond donors (Lipinski definition) is 0. The first kappa shape index (κ1) is 13.1. The largest absolute Gasteiger partial charge is 0.494 e. The van der Waals surface area contributed by atoms with Crippen LogP contribution < -0.4 is 4.74 Å². The van der Waals surface area contributed by atoms with E-state index in [4.69, 9.17) is 9.47 Å². The Hall–Kier alpha value is -1.35. The zero-order chi connectivity index (χ0) is 13.0. The Kier molecular flexibility index (Phi) is 4.37. The Morgan fingerprint density at radius 2 is 1.89 bits per heavy atom. The van der Waals surface area contributed by atoms with E-state index in [0.717, 1.165) is 18.6 Å². The van der Waals surface area contributed by atoms with Crippen molar-refractivity contribution in [1.82, 2.24) is 0 Å². The van der Waals surface area contributed by atoms with Gasteiger partial charge in [0.1, 0.15) is 11.9 Å². The van der Waals surface area contributed by atoms with Crippen LogP contribution in [0.5, 0.6) is 5.75 Å². The molecule has 1 aromatic rings. The van der Waals surface area contributed by atoms with Crippen molar-refractivity contribution >= 4 is 5.78 Å². The van der Waals surface area contributed by atoms with Gasteiger partial charge < -0.3 is 9.47 Å². The molecule has 0 saturated heterocycles. The average Bonchev–Trinajstić information content (AvgIpc) is 3.21. The normalized spacial score (nSPS) is 16.3. The highest BCUT2D eigenvalue weighted by molar-refractivity contribution is 6.00. The van der Waals surface area contributed by atoms with Gasteiger partial charge in [-0.25, -0.2) is 0 Å². The van der Waals surface area contributed by atoms with Gasteiger partial charge in [-0.3, -0.25) is 4.79 Å². The van der Waals surface area contributed by atoms with Gasteiger partial charge in [-0.05, 0) is 56.9 Å². The maximum atomic E-state index is 12.3. The zero-order valence-electron chi connectivity index (χ0n) is 11.0. The second kappa shape index (κ2) is 6.01. The fraction of sp³-hybridized carbons (Fsp3) is 0.533. The molecule has 0 bridgehead atoms. The van der Waals surface area contributed by atoms with E-state index in [2.05, 4.69) is 0 Å². The topological polar surface area (TPSA) is 35.5 Å². The minimum Gasteiger partial charge on any atom is -0.494 e. The van der Waals surface area contributed by atoms with E-state index in [1.807, 2.05) is 38.1 Å². The Labute approximate surface area is 108 Å². The van der Waals surface area contributed by atoms with Gasteiger partial charge in [0.15, 0.2) is 5.78 Å². The summed E-state index contributed by atoms with van der Waals surface area (Å²) >= 11 is 0. The van der Waals surface area contributed by atoms with Crippen molar-refractivity contribution in [3.63, 3.8) is 0 Å². The lowest BCUT2D eigenvalue weighted by Gasteiger charge is -2.15. The van der Waals surface area contributed by atoms with Crippen LogP contribution in [0.15, 0.2) is 24.3 Å². The molecule has 1 aliphatic carbocycles. The SMILES string of the molecule is CCOc1ccc(C(=O)C(OCC)C2CC2)cc1. The lowest BCUT2D eigenvalue weighted by atomic mass is 10.0. The van der Waals surface area contributed by atoms with Crippen LogP contribution in [0.2, 0.25) is 0 Å². The molecule has 1 atom stereocenters. The lowest BCUT2D eigenvalue weighted by Crippen LogP contribution is -2.26. The monoisotopic (exact) mass is 248 g/mol. The van der Waals surface area contributed by atoms with Crippen LogP contribution in [0.3, 0.4) is 0 Å². The quantitative estimate of drug-likeness (QED) is 0.696. The van der Waals surface area contributed by atoms with Gasteiger partial charge in [-0.1, -0.05) is 0 Å². The molecule has 0 amide bonds. The van der Waals surface area contributed by atoms with Crippen LogP contribution in [-0.2, 0) is 4.74 Å². The van der Waals surface area contributed by atoms with E-state index in [1.165, 1.54) is 0 Å². The Balaban J connectivity index is 2.06. The number of carbonyl (C=O) groups excluding carboxylic acids is 1. The van der Waals surface area contributed by atoms with Crippen molar-refractivity contribution in [2.24, 2.45) is 5.92 Å². The Morgan fingerprint density at radius 3 is 2.39 bits per heavy atom. The molecule has 18 heavy (non-hydrogen) atoms. The third kappa shape index (κ3) is 3.10. The van der Waals surface area contributed by atoms with Gasteiger partial charge in [-0.2, -0.15) is 0 Å². The van der Waals surface area contributed by atoms with Gasteiger partial charge >= 0.3 is 0 Å². The molecule has 3 heteroatoms. The molecule has 1 unspecified atom stereocenters. The Bertz CT molecular complexity index is 393. The van der Waals surface area contributed by atoms with E-state index in [9.17, 15) is 4.79 Å². The van der Waals surface area contributed by atoms with Crippen molar-refractivity contribution in [3.05, 3.63) is 29.8 Å². The molecule has 0 radical (unpaired) electrons. The summed E-state index contributed by atoms with van der Waals surface area (Å²) in [4.78, 5) is 12.3. The van der Waals surface area contributed by atoms with Crippen LogP contribution in [0.25, 0.3) is 0 Å². The molecular formula is C15H20O3. The summed E-state index contributed by atoms with van der Waals surface area (Å²) in [7, 11) is 0. The summed E-state index contributed by atoms with van der Waals surface area (Å²) < 4.78 is 10.9. The maximum Gasteiger partial charge on any atom is 0.191 e. The first-order valence-corrected chi connectivity index (χ1v) is 6.65. The summed E-state index contributed by atoms with van der Waals surface area (Å²) in [6.07, 6.45) is 1.95. The molecule has 0 heterocycles. The number of carbonyl (C=O) groups is 1. The lowest BCUT2D eigenvalue weighted by molar-refractivity contribution is 0.0374. The van der Waals surface area contributed by atoms with Gasteiger partial charge in [-0.15, -0.1) is 0 Å². The van der Waals surface area contributed by atoms with E-state index >= 15 is 0 Å². The summed E-state index contributed by atoms with van der Waals surface area (Å²) in [6.45, 7) is 5.10. The van der Waals surface area contributed by atoms with Crippen molar-refractivity contribution in [3.8, 4) is 5.75 Å². The molecule has 0 aliphatic heterocycles. The molecule has 3 nitrogen and oxygen atoms in total. The minimum absolute atomic E-state index is 0.0994. The Morgan fingerprint density at radius 1 is 1.22 bits per heavy atom. The molecule has 1 aliphatic rings. The highest BCUT2D eigenvalue weighted by Gasteiger charge is 2.37. The molecular weight excluding hydrogens is 228 g/mol. The average molecular weight is 248 g/mol. The zero-order valence-corrected chi connectivity index (χ0v) is 11.0. The highest BCUT2D eigenvalue weighted by Crippen LogP contribution is 2.36. The first-order chi connectivity index (χ1) is 8.76. The van der Waals surface area contributed by atoms with Crippen molar-refractivity contribution in [2.45, 2.75) is 32.8 Å². The van der Waals surface area contributed by atoms with E-state index in [-0.39, 0.29) is 11.9 Å². The van der Waals surface area contributed by atoms with Gasteiger partial charge in [0.2, 0.25) is 0 Å². The third-order valence-electron chi connectivity index (χ3n) is 3.10. The number of rotatable bonds is 7. The second-order valence-electron chi connectivity index (χ2n) is 4.54. The number of ketones is 1. The van der Waals surface area contributed by atoms with Gasteiger partial charge in [0.05, 0.1) is 6.61 Å². The molecule has 0 aromatic heterocycles. The summed E-state index contributed by atoms with van der Waals surface area (Å²) in [5, 5.41) is 0. The highest BCUT2D eigenvalue weighted by atomic mass is 16.5. The van der Waals surface area contributed by atoms with Crippen LogP contribution in [-0.4, -0.2) is 25.1 Å². The maximum absolute atomic E-state index is 12.3. The summed E-state index contributed by atoms with van der Waals surface area (Å²) in [6, 6.07) is 7.32. The predicted molar refractivity (Wildman–Crippen MR) is 70.1 cm³/mol. The smallest absolute Gasteiger partial charge is 0.191 e. The number of benzene rings is 1. The number of ether oxygens (including phenoxy) is 2. The second-order valence-corrected chi connectivity index (χ2v) is 4.54. The van der Waals surface area contributed by atoms with Crippen LogP contribution in [0.1, 0.15) is 37.0 Å². The molecule has 2 rings (SSSR count). The van der Waals surface area contributed by atoms with Gasteiger partial charge in [0.25, 0.3) is 0 Å². The van der Waals surface area contributed by atoms with E-state index in [1.54, 1.807) is 0 Å². The van der Waals surface area contributed by atoms with Gasteiger partial charge in [0, 0.05) is 12.2 Å². The van der Waals surface area contributed by atoms with Crippen molar-refractivity contribution in [1.29, 1.82) is 0 Å². The predicted octanol–water partition coefficient (Wildman–Crippen LogP) is 3.08. The first-order valence-electron chi connectivity index (χ1n) is 6.65. The standard InChI is InChI=1S/C15H20O3/c1-3-17-13-9-7-11(8-10-13)14(16)15(18-4-2)12-5-6-12/h7-10,12,15H,3-6H2,1-2H3. The molecule has 1 fully saturated rings. The summed E-state index contributed by atoms with van der Waals surface area (Å²) in [5.41, 5.74) is 0.712. The number of hydrogen-bond acceptors (Lipinski definition) is 3. The molecule has 0 spiro atoms.